The number of rotatable bonds is 21. The van der Waals surface area contributed by atoms with Crippen LogP contribution in [-0.4, -0.2) is 74.2 Å². The number of carbonyl (C=O) groups excluding carboxylic acids is 2. The van der Waals surface area contributed by atoms with Gasteiger partial charge in [0.05, 0.1) is 0 Å². The summed E-state index contributed by atoms with van der Waals surface area (Å²) in [7, 11) is 0. The standard InChI is InChI=1S/C30H60N2O4/c1-25(2)13-17-31(18-14-26(3)4)21-23-35-28(33)11-10-12-29(34)36-24-22-32(19-15-27(5)6)20-16-30(7,8)9/h25-27H,10-24H2,1-9H3. The number of nitrogens with zero attached hydrogens (tertiary/aromatic N) is 2. The van der Waals surface area contributed by atoms with Crippen molar-refractivity contribution < 1.29 is 19.1 Å². The molecular formula is C30H60N2O4. The lowest BCUT2D eigenvalue weighted by molar-refractivity contribution is -0.146. The Morgan fingerprint density at radius 2 is 0.972 bits per heavy atom. The summed E-state index contributed by atoms with van der Waals surface area (Å²) in [6, 6.07) is 0. The summed E-state index contributed by atoms with van der Waals surface area (Å²) in [5.41, 5.74) is 0.293. The maximum atomic E-state index is 12.1. The number of hydrogen-bond acceptors (Lipinski definition) is 6. The van der Waals surface area contributed by atoms with Crippen LogP contribution in [0.15, 0.2) is 0 Å². The first-order chi connectivity index (χ1) is 16.8. The molecule has 0 saturated carbocycles. The molecule has 0 aliphatic carbocycles. The highest BCUT2D eigenvalue weighted by Crippen LogP contribution is 2.19. The van der Waals surface area contributed by atoms with E-state index in [1.54, 1.807) is 0 Å². The van der Waals surface area contributed by atoms with Gasteiger partial charge in [-0.25, -0.2) is 0 Å². The summed E-state index contributed by atoms with van der Waals surface area (Å²) in [6.45, 7) is 26.7. The van der Waals surface area contributed by atoms with Crippen molar-refractivity contribution in [3.63, 3.8) is 0 Å². The van der Waals surface area contributed by atoms with Crippen molar-refractivity contribution in [3.05, 3.63) is 0 Å². The van der Waals surface area contributed by atoms with Gasteiger partial charge in [0.25, 0.3) is 0 Å². The van der Waals surface area contributed by atoms with Crippen molar-refractivity contribution in [1.29, 1.82) is 0 Å². The molecule has 0 heterocycles. The van der Waals surface area contributed by atoms with E-state index in [4.69, 9.17) is 9.47 Å². The second kappa shape index (κ2) is 19.9. The summed E-state index contributed by atoms with van der Waals surface area (Å²) >= 11 is 0. The van der Waals surface area contributed by atoms with E-state index in [0.29, 0.717) is 42.8 Å². The van der Waals surface area contributed by atoms with Gasteiger partial charge in [-0.1, -0.05) is 62.3 Å². The van der Waals surface area contributed by atoms with Gasteiger partial charge in [0.15, 0.2) is 0 Å². The van der Waals surface area contributed by atoms with Crippen molar-refractivity contribution in [3.8, 4) is 0 Å². The van der Waals surface area contributed by atoms with Crippen LogP contribution in [0, 0.1) is 23.2 Å². The monoisotopic (exact) mass is 512 g/mol. The van der Waals surface area contributed by atoms with Gasteiger partial charge in [0, 0.05) is 25.9 Å². The summed E-state index contributed by atoms with van der Waals surface area (Å²) < 4.78 is 10.9. The van der Waals surface area contributed by atoms with Crippen LogP contribution in [0.3, 0.4) is 0 Å². The molecule has 0 unspecified atom stereocenters. The number of ether oxygens (including phenoxy) is 2. The van der Waals surface area contributed by atoms with E-state index in [1.165, 1.54) is 0 Å². The van der Waals surface area contributed by atoms with Gasteiger partial charge in [0.2, 0.25) is 0 Å². The molecule has 0 spiro atoms. The first-order valence-corrected chi connectivity index (χ1v) is 14.5. The molecule has 6 nitrogen and oxygen atoms in total. The third kappa shape index (κ3) is 23.3. The Bertz CT molecular complexity index is 558. The minimum Gasteiger partial charge on any atom is -0.464 e. The largest absolute Gasteiger partial charge is 0.464 e. The molecule has 0 aliphatic heterocycles. The zero-order valence-electron chi connectivity index (χ0n) is 25.4. The highest BCUT2D eigenvalue weighted by molar-refractivity contribution is 5.72. The van der Waals surface area contributed by atoms with E-state index in [-0.39, 0.29) is 24.8 Å². The third-order valence-electron chi connectivity index (χ3n) is 6.35. The molecule has 0 aromatic carbocycles. The highest BCUT2D eigenvalue weighted by Gasteiger charge is 2.15. The zero-order valence-corrected chi connectivity index (χ0v) is 25.4. The number of esters is 2. The lowest BCUT2D eigenvalue weighted by Crippen LogP contribution is -2.33. The van der Waals surface area contributed by atoms with Gasteiger partial charge < -0.3 is 9.47 Å². The summed E-state index contributed by atoms with van der Waals surface area (Å²) in [4.78, 5) is 29.1. The molecular weight excluding hydrogens is 452 g/mol. The lowest BCUT2D eigenvalue weighted by atomic mass is 9.92. The smallest absolute Gasteiger partial charge is 0.305 e. The van der Waals surface area contributed by atoms with Crippen LogP contribution in [0.4, 0.5) is 0 Å². The van der Waals surface area contributed by atoms with E-state index in [1.807, 2.05) is 0 Å². The summed E-state index contributed by atoms with van der Waals surface area (Å²) in [5, 5.41) is 0. The predicted octanol–water partition coefficient (Wildman–Crippen LogP) is 6.42. The fourth-order valence-electron chi connectivity index (χ4n) is 3.59. The normalized spacial score (nSPS) is 12.4. The van der Waals surface area contributed by atoms with Crippen molar-refractivity contribution >= 4 is 11.9 Å². The minimum atomic E-state index is -0.226. The molecule has 6 heteroatoms. The predicted molar refractivity (Wildman–Crippen MR) is 151 cm³/mol. The molecule has 0 aromatic heterocycles. The fraction of sp³-hybridized carbons (Fsp3) is 0.933. The zero-order chi connectivity index (χ0) is 27.6. The minimum absolute atomic E-state index is 0.225. The molecule has 0 fully saturated rings. The van der Waals surface area contributed by atoms with Crippen LogP contribution < -0.4 is 0 Å². The number of carbonyl (C=O) groups is 2. The maximum absolute atomic E-state index is 12.1. The lowest BCUT2D eigenvalue weighted by Gasteiger charge is -2.27. The van der Waals surface area contributed by atoms with Gasteiger partial charge in [0.1, 0.15) is 13.2 Å². The quantitative estimate of drug-likeness (QED) is 0.165. The van der Waals surface area contributed by atoms with Crippen molar-refractivity contribution in [2.75, 3.05) is 52.5 Å². The molecule has 0 atom stereocenters. The molecule has 0 aromatic rings. The fourth-order valence-corrected chi connectivity index (χ4v) is 3.59. The second-order valence-electron chi connectivity index (χ2n) is 12.8. The number of hydrogen-bond donors (Lipinski definition) is 0. The van der Waals surface area contributed by atoms with E-state index in [9.17, 15) is 9.59 Å². The maximum Gasteiger partial charge on any atom is 0.305 e. The van der Waals surface area contributed by atoms with Crippen LogP contribution in [0.5, 0.6) is 0 Å². The highest BCUT2D eigenvalue weighted by atomic mass is 16.5. The van der Waals surface area contributed by atoms with E-state index >= 15 is 0 Å². The van der Waals surface area contributed by atoms with E-state index in [0.717, 1.165) is 65.0 Å². The Balaban J connectivity index is 4.16. The Hall–Kier alpha value is -1.14. The van der Waals surface area contributed by atoms with E-state index < -0.39 is 0 Å². The molecule has 0 aliphatic rings. The molecule has 0 radical (unpaired) electrons. The van der Waals surface area contributed by atoms with Crippen LogP contribution in [0.2, 0.25) is 0 Å². The molecule has 0 N–H and O–H groups in total. The first-order valence-electron chi connectivity index (χ1n) is 14.5. The topological polar surface area (TPSA) is 59.1 Å². The van der Waals surface area contributed by atoms with E-state index in [2.05, 4.69) is 72.1 Å². The Kier molecular flexibility index (Phi) is 19.3. The van der Waals surface area contributed by atoms with Gasteiger partial charge in [-0.05, 0) is 81.5 Å². The summed E-state index contributed by atoms with van der Waals surface area (Å²) in [5.74, 6) is 1.54. The SMILES string of the molecule is CC(C)CCN(CCOC(=O)CCCC(=O)OCCN(CCC(C)C)CCC(C)(C)C)CCC(C)C. The molecule has 36 heavy (non-hydrogen) atoms. The van der Waals surface area contributed by atoms with Crippen molar-refractivity contribution in [2.24, 2.45) is 23.2 Å². The van der Waals surface area contributed by atoms with Crippen molar-refractivity contribution in [2.45, 2.75) is 107 Å². The molecule has 0 rings (SSSR count). The van der Waals surface area contributed by atoms with Crippen molar-refractivity contribution in [1.82, 2.24) is 9.80 Å². The van der Waals surface area contributed by atoms with Gasteiger partial charge in [-0.3, -0.25) is 19.4 Å². The molecule has 0 saturated heterocycles. The molecule has 214 valence electrons. The second-order valence-corrected chi connectivity index (χ2v) is 12.8. The van der Waals surface area contributed by atoms with Crippen LogP contribution in [-0.2, 0) is 19.1 Å². The summed E-state index contributed by atoms with van der Waals surface area (Å²) in [6.07, 6.45) is 5.57. The van der Waals surface area contributed by atoms with Gasteiger partial charge in [-0.15, -0.1) is 0 Å². The van der Waals surface area contributed by atoms with Gasteiger partial charge >= 0.3 is 11.9 Å². The van der Waals surface area contributed by atoms with Gasteiger partial charge in [-0.2, -0.15) is 0 Å². The molecule has 0 amide bonds. The Labute approximate surface area is 223 Å². The average Bonchev–Trinajstić information content (AvgIpc) is 2.75. The third-order valence-corrected chi connectivity index (χ3v) is 6.35. The van der Waals surface area contributed by atoms with Crippen LogP contribution in [0.1, 0.15) is 107 Å². The van der Waals surface area contributed by atoms with Crippen LogP contribution in [0.25, 0.3) is 0 Å². The first kappa shape index (κ1) is 34.9. The van der Waals surface area contributed by atoms with Crippen LogP contribution >= 0.6 is 0 Å². The average molecular weight is 513 g/mol. The Morgan fingerprint density at radius 3 is 1.31 bits per heavy atom. The molecule has 0 bridgehead atoms. The Morgan fingerprint density at radius 1 is 0.611 bits per heavy atom.